The molecule has 0 saturated carbocycles. The molecule has 0 amide bonds. The number of phosphoric acid groups is 2. The molecule has 0 unspecified atom stereocenters. The second kappa shape index (κ2) is 38.0. The van der Waals surface area contributed by atoms with Crippen LogP contribution in [0.2, 0.25) is 0 Å². The van der Waals surface area contributed by atoms with Gasteiger partial charge >= 0.3 is 15.6 Å². The van der Waals surface area contributed by atoms with Crippen LogP contribution in [0.1, 0.15) is 219 Å². The van der Waals surface area contributed by atoms with Gasteiger partial charge in [-0.2, -0.15) is 4.31 Å². The first-order chi connectivity index (χ1) is 22.1. The Morgan fingerprint density at radius 2 is 0.500 bits per heavy atom. The van der Waals surface area contributed by atoms with E-state index in [1.54, 1.807) is 0 Å². The van der Waals surface area contributed by atoms with Gasteiger partial charge in [-0.1, -0.05) is 206 Å². The maximum Gasteiger partial charge on any atom is 0.478 e. The van der Waals surface area contributed by atoms with E-state index in [1.807, 2.05) is 0 Å². The maximum atomic E-state index is 9.63. The summed E-state index contributed by atoms with van der Waals surface area (Å²) < 4.78 is 28.1. The lowest BCUT2D eigenvalue weighted by atomic mass is 10.0. The van der Waals surface area contributed by atoms with E-state index in [-0.39, 0.29) is 0 Å². The molecule has 0 rings (SSSR count). The van der Waals surface area contributed by atoms with E-state index in [4.69, 9.17) is 24.3 Å². The van der Waals surface area contributed by atoms with Crippen molar-refractivity contribution in [1.29, 1.82) is 0 Å². The summed E-state index contributed by atoms with van der Waals surface area (Å²) in [7, 11) is -10.1. The summed E-state index contributed by atoms with van der Waals surface area (Å²) >= 11 is 0. The minimum atomic E-state index is -5.05. The Morgan fingerprint density at radius 3 is 0.652 bits per heavy atom. The summed E-state index contributed by atoms with van der Waals surface area (Å²) in [5.41, 5.74) is 0. The molecule has 4 N–H and O–H groups in total. The lowest BCUT2D eigenvalue weighted by Gasteiger charge is -2.06. The number of rotatable bonds is 36. The number of hydrogen-bond donors (Lipinski definition) is 4. The van der Waals surface area contributed by atoms with Crippen molar-refractivity contribution in [1.82, 2.24) is 0 Å². The van der Waals surface area contributed by atoms with Crippen molar-refractivity contribution in [2.75, 3.05) is 13.2 Å². The standard InChI is InChI=1S/C36H74O.H4O7P2/c1-3-5-7-9-11-13-15-17-19-21-23-25-27-29-31-33-35-37-36-34-32-30-28-26-24-22-20-18-16-14-12-10-8-6-4-2;1-8(2,3)7-9(4,5)6/h3-36H2,1-2H3;(H2,1,2,3)(H2,4,5,6). The molecule has 8 nitrogen and oxygen atoms in total. The van der Waals surface area contributed by atoms with Crippen LogP contribution < -0.4 is 0 Å². The van der Waals surface area contributed by atoms with Gasteiger partial charge in [0, 0.05) is 13.2 Å². The van der Waals surface area contributed by atoms with Gasteiger partial charge in [0.05, 0.1) is 0 Å². The third kappa shape index (κ3) is 51.1. The van der Waals surface area contributed by atoms with E-state index in [1.165, 1.54) is 205 Å². The first-order valence-electron chi connectivity index (χ1n) is 19.5. The van der Waals surface area contributed by atoms with E-state index in [2.05, 4.69) is 18.2 Å². The topological polar surface area (TPSA) is 134 Å². The van der Waals surface area contributed by atoms with Crippen molar-refractivity contribution in [3.8, 4) is 0 Å². The van der Waals surface area contributed by atoms with Gasteiger partial charge in [0.1, 0.15) is 0 Å². The highest BCUT2D eigenvalue weighted by Crippen LogP contribution is 2.53. The molecule has 0 radical (unpaired) electrons. The predicted octanol–water partition coefficient (Wildman–Crippen LogP) is 12.7. The third-order valence-electron chi connectivity index (χ3n) is 8.50. The monoisotopic (exact) mass is 701 g/mol. The molecule has 0 aromatic heterocycles. The van der Waals surface area contributed by atoms with Crippen molar-refractivity contribution in [2.45, 2.75) is 219 Å². The Morgan fingerprint density at radius 1 is 0.326 bits per heavy atom. The van der Waals surface area contributed by atoms with E-state index in [0.717, 1.165) is 13.2 Å². The first-order valence-corrected chi connectivity index (χ1v) is 22.6. The van der Waals surface area contributed by atoms with Crippen LogP contribution in [-0.2, 0) is 18.2 Å². The SMILES string of the molecule is CCCCCCCCCCCCCCCCCCOCCCCCCCCCCCCCCCCCC.O=P(O)(O)OP(=O)(O)O. The van der Waals surface area contributed by atoms with Crippen LogP contribution in [0.25, 0.3) is 0 Å². The molecule has 0 aromatic carbocycles. The maximum absolute atomic E-state index is 9.63. The van der Waals surface area contributed by atoms with Crippen LogP contribution in [0.5, 0.6) is 0 Å². The highest BCUT2D eigenvalue weighted by atomic mass is 31.3. The fourth-order valence-corrected chi connectivity index (χ4v) is 6.85. The van der Waals surface area contributed by atoms with Gasteiger partial charge in [0.15, 0.2) is 0 Å². The zero-order chi connectivity index (χ0) is 34.5. The predicted molar refractivity (Wildman–Crippen MR) is 195 cm³/mol. The summed E-state index contributed by atoms with van der Waals surface area (Å²) in [6.45, 7) is 6.60. The van der Waals surface area contributed by atoms with Crippen LogP contribution in [0.15, 0.2) is 0 Å². The average molecular weight is 701 g/mol. The number of ether oxygens (including phenoxy) is 1. The minimum Gasteiger partial charge on any atom is -0.381 e. The molecule has 0 bridgehead atoms. The summed E-state index contributed by atoms with van der Waals surface area (Å²) in [4.78, 5) is 31.0. The molecule has 0 spiro atoms. The quantitative estimate of drug-likeness (QED) is 0.0375. The molecule has 0 fully saturated rings. The Balaban J connectivity index is 0. The van der Waals surface area contributed by atoms with Crippen LogP contribution in [0.3, 0.4) is 0 Å². The van der Waals surface area contributed by atoms with Crippen LogP contribution in [0, 0.1) is 0 Å². The second-order valence-corrected chi connectivity index (χ2v) is 15.9. The fraction of sp³-hybridized carbons (Fsp3) is 1.00. The fourth-order valence-electron chi connectivity index (χ4n) is 5.75. The van der Waals surface area contributed by atoms with Gasteiger partial charge in [-0.3, -0.25) is 0 Å². The molecule has 0 aromatic rings. The molecule has 0 aliphatic heterocycles. The molecule has 0 aliphatic carbocycles. The van der Waals surface area contributed by atoms with E-state index in [9.17, 15) is 9.13 Å². The number of hydrogen-bond acceptors (Lipinski definition) is 4. The van der Waals surface area contributed by atoms with Gasteiger partial charge in [-0.15, -0.1) is 0 Å². The minimum absolute atomic E-state index is 0.997. The van der Waals surface area contributed by atoms with Crippen LogP contribution >= 0.6 is 15.6 Å². The Labute approximate surface area is 285 Å². The van der Waals surface area contributed by atoms with Crippen molar-refractivity contribution in [3.05, 3.63) is 0 Å². The van der Waals surface area contributed by atoms with Crippen molar-refractivity contribution >= 4 is 15.6 Å². The van der Waals surface area contributed by atoms with Gasteiger partial charge in [0.25, 0.3) is 0 Å². The Bertz CT molecular complexity index is 614. The zero-order valence-electron chi connectivity index (χ0n) is 30.4. The lowest BCUT2D eigenvalue weighted by Crippen LogP contribution is -1.97. The second-order valence-electron chi connectivity index (χ2n) is 13.3. The Kier molecular flexibility index (Phi) is 40.0. The summed E-state index contributed by atoms with van der Waals surface area (Å²) in [6, 6.07) is 0. The lowest BCUT2D eigenvalue weighted by molar-refractivity contribution is 0.125. The van der Waals surface area contributed by atoms with Gasteiger partial charge < -0.3 is 24.3 Å². The highest BCUT2D eigenvalue weighted by Gasteiger charge is 2.27. The van der Waals surface area contributed by atoms with Gasteiger partial charge in [-0.05, 0) is 12.8 Å². The van der Waals surface area contributed by atoms with Crippen molar-refractivity contribution in [3.63, 3.8) is 0 Å². The van der Waals surface area contributed by atoms with Crippen LogP contribution in [-0.4, -0.2) is 32.8 Å². The molecule has 10 heteroatoms. The average Bonchev–Trinajstić information content (AvgIpc) is 2.98. The van der Waals surface area contributed by atoms with E-state index >= 15 is 0 Å². The molecule has 0 atom stereocenters. The summed E-state index contributed by atoms with van der Waals surface area (Å²) in [5.74, 6) is 0. The molecule has 0 saturated heterocycles. The van der Waals surface area contributed by atoms with Gasteiger partial charge in [0.2, 0.25) is 0 Å². The zero-order valence-corrected chi connectivity index (χ0v) is 32.1. The molecular weight excluding hydrogens is 622 g/mol. The smallest absolute Gasteiger partial charge is 0.381 e. The number of unbranched alkanes of at least 4 members (excludes halogenated alkanes) is 30. The normalized spacial score (nSPS) is 12.0. The Hall–Kier alpha value is 0.220. The third-order valence-corrected chi connectivity index (χ3v) is 10.2. The molecule has 46 heavy (non-hydrogen) atoms. The molecular formula is C36H78O8P2. The molecule has 280 valence electrons. The van der Waals surface area contributed by atoms with E-state index < -0.39 is 15.6 Å². The van der Waals surface area contributed by atoms with Crippen molar-refractivity contribution in [2.24, 2.45) is 0 Å². The van der Waals surface area contributed by atoms with Crippen molar-refractivity contribution < 1.29 is 37.8 Å². The highest BCUT2D eigenvalue weighted by molar-refractivity contribution is 7.60. The summed E-state index contributed by atoms with van der Waals surface area (Å²) in [5, 5.41) is 0. The molecule has 0 aliphatic rings. The van der Waals surface area contributed by atoms with E-state index in [0.29, 0.717) is 0 Å². The first kappa shape index (κ1) is 48.3. The largest absolute Gasteiger partial charge is 0.478 e. The van der Waals surface area contributed by atoms with Crippen LogP contribution in [0.4, 0.5) is 0 Å². The van der Waals surface area contributed by atoms with Gasteiger partial charge in [-0.25, -0.2) is 9.13 Å². The summed E-state index contributed by atoms with van der Waals surface area (Å²) in [6.07, 6.45) is 46.0. The molecule has 0 heterocycles.